The van der Waals surface area contributed by atoms with Gasteiger partial charge in [0.1, 0.15) is 0 Å². The van der Waals surface area contributed by atoms with Crippen molar-refractivity contribution < 1.29 is 17.9 Å². The Hall–Kier alpha value is -1.87. The van der Waals surface area contributed by atoms with Gasteiger partial charge >= 0.3 is 0 Å². The summed E-state index contributed by atoms with van der Waals surface area (Å²) in [5.74, 6) is 0.877. The number of sulfonamides is 1. The maximum Gasteiger partial charge on any atom is 0.243 e. The molecule has 0 aliphatic carbocycles. The molecule has 1 amide bonds. The van der Waals surface area contributed by atoms with Gasteiger partial charge in [-0.2, -0.15) is 4.31 Å². The highest BCUT2D eigenvalue weighted by Crippen LogP contribution is 2.24. The fourth-order valence-electron chi connectivity index (χ4n) is 3.23. The Kier molecular flexibility index (Phi) is 7.80. The van der Waals surface area contributed by atoms with Crippen LogP contribution in [-0.2, 0) is 30.7 Å². The van der Waals surface area contributed by atoms with E-state index in [9.17, 15) is 13.2 Å². The third-order valence-corrected chi connectivity index (χ3v) is 7.95. The highest BCUT2D eigenvalue weighted by atomic mass is 32.2. The number of ether oxygens (including phenoxy) is 1. The number of amides is 1. The molecule has 1 aliphatic rings. The van der Waals surface area contributed by atoms with Crippen LogP contribution in [0.25, 0.3) is 0 Å². The molecule has 1 N–H and O–H groups in total. The Morgan fingerprint density at radius 3 is 2.42 bits per heavy atom. The number of anilines is 1. The molecule has 0 aromatic heterocycles. The number of benzene rings is 2. The Bertz CT molecular complexity index is 993. The minimum absolute atomic E-state index is 0.120. The summed E-state index contributed by atoms with van der Waals surface area (Å²) in [5, 5.41) is 2.81. The van der Waals surface area contributed by atoms with E-state index in [4.69, 9.17) is 4.74 Å². The molecule has 1 heterocycles. The Morgan fingerprint density at radius 2 is 1.77 bits per heavy atom. The number of carbonyl (C=O) groups is 1. The first-order valence-electron chi connectivity index (χ1n) is 10.3. The van der Waals surface area contributed by atoms with Gasteiger partial charge in [0.05, 0.1) is 23.9 Å². The van der Waals surface area contributed by atoms with Gasteiger partial charge in [0.2, 0.25) is 15.9 Å². The van der Waals surface area contributed by atoms with Gasteiger partial charge in [-0.1, -0.05) is 51.1 Å². The van der Waals surface area contributed by atoms with Gasteiger partial charge in [-0.05, 0) is 34.7 Å². The van der Waals surface area contributed by atoms with Crippen LogP contribution in [0, 0.1) is 0 Å². The van der Waals surface area contributed by atoms with E-state index in [1.807, 2.05) is 0 Å². The molecule has 0 unspecified atom stereocenters. The zero-order valence-corrected chi connectivity index (χ0v) is 19.9. The molecule has 1 aliphatic heterocycles. The van der Waals surface area contributed by atoms with Crippen molar-refractivity contribution in [3.63, 3.8) is 0 Å². The first-order chi connectivity index (χ1) is 14.7. The van der Waals surface area contributed by atoms with Crippen molar-refractivity contribution in [1.82, 2.24) is 4.31 Å². The highest BCUT2D eigenvalue weighted by molar-refractivity contribution is 7.99. The van der Waals surface area contributed by atoms with Crippen LogP contribution in [0.15, 0.2) is 53.4 Å². The first-order valence-corrected chi connectivity index (χ1v) is 12.9. The largest absolute Gasteiger partial charge is 0.379 e. The minimum Gasteiger partial charge on any atom is -0.379 e. The van der Waals surface area contributed by atoms with Crippen LogP contribution >= 0.6 is 11.8 Å². The summed E-state index contributed by atoms with van der Waals surface area (Å²) in [5.41, 5.74) is 3.06. The van der Waals surface area contributed by atoms with Crippen molar-refractivity contribution >= 4 is 33.4 Å². The van der Waals surface area contributed by atoms with Crippen molar-refractivity contribution in [1.29, 1.82) is 0 Å². The molecule has 1 saturated heterocycles. The molecule has 0 atom stereocenters. The van der Waals surface area contributed by atoms with Crippen molar-refractivity contribution in [3.05, 3.63) is 59.7 Å². The molecule has 3 rings (SSSR count). The summed E-state index contributed by atoms with van der Waals surface area (Å²) in [4.78, 5) is 12.5. The van der Waals surface area contributed by atoms with Gasteiger partial charge in [0, 0.05) is 24.5 Å². The maximum absolute atomic E-state index is 12.8. The molecular formula is C23H30N2O4S2. The van der Waals surface area contributed by atoms with E-state index in [1.165, 1.54) is 33.3 Å². The van der Waals surface area contributed by atoms with Crippen molar-refractivity contribution in [2.24, 2.45) is 0 Å². The second-order valence-electron chi connectivity index (χ2n) is 8.53. The van der Waals surface area contributed by atoms with Crippen molar-refractivity contribution in [3.8, 4) is 0 Å². The predicted molar refractivity (Wildman–Crippen MR) is 126 cm³/mol. The van der Waals surface area contributed by atoms with Crippen LogP contribution in [0.3, 0.4) is 0 Å². The topological polar surface area (TPSA) is 75.7 Å². The van der Waals surface area contributed by atoms with E-state index in [-0.39, 0.29) is 16.2 Å². The van der Waals surface area contributed by atoms with E-state index in [0.29, 0.717) is 37.7 Å². The molecule has 0 spiro atoms. The summed E-state index contributed by atoms with van der Waals surface area (Å²) in [6, 6.07) is 14.9. The quantitative estimate of drug-likeness (QED) is 0.676. The minimum atomic E-state index is -3.59. The van der Waals surface area contributed by atoms with Crippen LogP contribution in [0.1, 0.15) is 31.9 Å². The van der Waals surface area contributed by atoms with Gasteiger partial charge in [-0.3, -0.25) is 4.79 Å². The standard InChI is InChI=1S/C23H30N2O4S2/c1-23(2,3)19-9-7-18(8-10-19)16-30-17-22(26)24-20-5-4-6-21(15-20)31(27,28)25-11-13-29-14-12-25/h4-10,15H,11-14,16-17H2,1-3H3,(H,24,26). The normalized spacial score (nSPS) is 15.6. The van der Waals surface area contributed by atoms with E-state index < -0.39 is 10.0 Å². The van der Waals surface area contributed by atoms with E-state index in [0.717, 1.165) is 5.75 Å². The average Bonchev–Trinajstić information content (AvgIpc) is 2.74. The third-order valence-electron chi connectivity index (χ3n) is 5.05. The number of thioether (sulfide) groups is 1. The Labute approximate surface area is 189 Å². The molecule has 6 nitrogen and oxygen atoms in total. The molecule has 8 heteroatoms. The first kappa shape index (κ1) is 23.8. The predicted octanol–water partition coefficient (Wildman–Crippen LogP) is 3.88. The SMILES string of the molecule is CC(C)(C)c1ccc(CSCC(=O)Nc2cccc(S(=O)(=O)N3CCOCC3)c2)cc1. The smallest absolute Gasteiger partial charge is 0.243 e. The lowest BCUT2D eigenvalue weighted by atomic mass is 9.87. The van der Waals surface area contributed by atoms with Crippen LogP contribution in [0.5, 0.6) is 0 Å². The number of hydrogen-bond acceptors (Lipinski definition) is 5. The number of carbonyl (C=O) groups excluding carboxylic acids is 1. The van der Waals surface area contributed by atoms with Gasteiger partial charge in [0.15, 0.2) is 0 Å². The number of hydrogen-bond donors (Lipinski definition) is 1. The second kappa shape index (κ2) is 10.2. The fraction of sp³-hybridized carbons (Fsp3) is 0.435. The zero-order valence-electron chi connectivity index (χ0n) is 18.3. The molecular weight excluding hydrogens is 432 g/mol. The summed E-state index contributed by atoms with van der Waals surface area (Å²) in [6.45, 7) is 8.02. The Morgan fingerprint density at radius 1 is 1.10 bits per heavy atom. The lowest BCUT2D eigenvalue weighted by molar-refractivity contribution is -0.113. The molecule has 31 heavy (non-hydrogen) atoms. The lowest BCUT2D eigenvalue weighted by Crippen LogP contribution is -2.40. The van der Waals surface area contributed by atoms with E-state index in [1.54, 1.807) is 18.2 Å². The molecule has 1 fully saturated rings. The summed E-state index contributed by atoms with van der Waals surface area (Å²) in [7, 11) is -3.59. The third kappa shape index (κ3) is 6.55. The molecule has 2 aromatic carbocycles. The molecule has 0 radical (unpaired) electrons. The number of rotatable bonds is 7. The van der Waals surface area contributed by atoms with Crippen LogP contribution < -0.4 is 5.32 Å². The summed E-state index contributed by atoms with van der Waals surface area (Å²) >= 11 is 1.53. The Balaban J connectivity index is 1.53. The van der Waals surface area contributed by atoms with Crippen LogP contribution in [-0.4, -0.2) is 50.7 Å². The van der Waals surface area contributed by atoms with Gasteiger partial charge in [0.25, 0.3) is 0 Å². The molecule has 2 aromatic rings. The van der Waals surface area contributed by atoms with Crippen molar-refractivity contribution in [2.75, 3.05) is 37.4 Å². The van der Waals surface area contributed by atoms with Gasteiger partial charge in [-0.25, -0.2) is 8.42 Å². The highest BCUT2D eigenvalue weighted by Gasteiger charge is 2.26. The lowest BCUT2D eigenvalue weighted by Gasteiger charge is -2.26. The molecule has 0 bridgehead atoms. The molecule has 0 saturated carbocycles. The average molecular weight is 463 g/mol. The summed E-state index contributed by atoms with van der Waals surface area (Å²) < 4.78 is 32.2. The van der Waals surface area contributed by atoms with E-state index >= 15 is 0 Å². The fourth-order valence-corrected chi connectivity index (χ4v) is 5.47. The van der Waals surface area contributed by atoms with Gasteiger partial charge < -0.3 is 10.1 Å². The summed E-state index contributed by atoms with van der Waals surface area (Å²) in [6.07, 6.45) is 0. The number of nitrogens with zero attached hydrogens (tertiary/aromatic N) is 1. The van der Waals surface area contributed by atoms with E-state index in [2.05, 4.69) is 50.4 Å². The zero-order chi connectivity index (χ0) is 22.5. The second-order valence-corrected chi connectivity index (χ2v) is 11.5. The number of nitrogens with one attached hydrogen (secondary N) is 1. The molecule has 168 valence electrons. The van der Waals surface area contributed by atoms with Crippen LogP contribution in [0.2, 0.25) is 0 Å². The van der Waals surface area contributed by atoms with Crippen LogP contribution in [0.4, 0.5) is 5.69 Å². The van der Waals surface area contributed by atoms with Gasteiger partial charge in [-0.15, -0.1) is 11.8 Å². The number of morpholine rings is 1. The van der Waals surface area contributed by atoms with Crippen molar-refractivity contribution in [2.45, 2.75) is 36.8 Å². The monoisotopic (exact) mass is 462 g/mol. The maximum atomic E-state index is 12.8.